The minimum absolute atomic E-state index is 0.0993. The van der Waals surface area contributed by atoms with Crippen molar-refractivity contribution in [3.63, 3.8) is 0 Å². The van der Waals surface area contributed by atoms with E-state index in [-0.39, 0.29) is 12.1 Å². The predicted octanol–water partition coefficient (Wildman–Crippen LogP) is 3.53. The van der Waals surface area contributed by atoms with Crippen LogP contribution < -0.4 is 14.4 Å². The zero-order valence-electron chi connectivity index (χ0n) is 19.3. The van der Waals surface area contributed by atoms with Crippen LogP contribution in [-0.4, -0.2) is 78.5 Å². The summed E-state index contributed by atoms with van der Waals surface area (Å²) in [5.41, 5.74) is 0.865. The van der Waals surface area contributed by atoms with Gasteiger partial charge < -0.3 is 28.7 Å². The SMILES string of the molecule is COc1ccc(-c2noc(N3CCN(C(=O)N4CCC(Oc5ccccc5)CC4)CC3)n2)cc1. The Bertz CT molecular complexity index is 1070. The largest absolute Gasteiger partial charge is 0.497 e. The monoisotopic (exact) mass is 463 g/mol. The van der Waals surface area contributed by atoms with E-state index < -0.39 is 0 Å². The number of rotatable bonds is 5. The minimum atomic E-state index is 0.0993. The number of methoxy groups -OCH3 is 1. The number of anilines is 1. The summed E-state index contributed by atoms with van der Waals surface area (Å²) in [4.78, 5) is 23.5. The molecule has 34 heavy (non-hydrogen) atoms. The molecular weight excluding hydrogens is 434 g/mol. The quantitative estimate of drug-likeness (QED) is 0.572. The molecule has 1 aromatic heterocycles. The van der Waals surface area contributed by atoms with Gasteiger partial charge in [-0.05, 0) is 36.4 Å². The van der Waals surface area contributed by atoms with Gasteiger partial charge in [-0.15, -0.1) is 0 Å². The number of amides is 2. The maximum atomic E-state index is 13.0. The summed E-state index contributed by atoms with van der Waals surface area (Å²) in [5.74, 6) is 2.21. The summed E-state index contributed by atoms with van der Waals surface area (Å²) in [5, 5.41) is 4.11. The lowest BCUT2D eigenvalue weighted by atomic mass is 10.1. The number of para-hydroxylation sites is 1. The Morgan fingerprint density at radius 2 is 1.56 bits per heavy atom. The zero-order valence-corrected chi connectivity index (χ0v) is 19.3. The predicted molar refractivity (Wildman–Crippen MR) is 127 cm³/mol. The van der Waals surface area contributed by atoms with Crippen LogP contribution in [0.1, 0.15) is 12.8 Å². The first-order valence-electron chi connectivity index (χ1n) is 11.7. The first-order chi connectivity index (χ1) is 16.7. The summed E-state index contributed by atoms with van der Waals surface area (Å²) in [7, 11) is 1.63. The Hall–Kier alpha value is -3.75. The number of hydrogen-bond donors (Lipinski definition) is 0. The molecule has 5 rings (SSSR count). The van der Waals surface area contributed by atoms with Crippen LogP contribution in [0, 0.1) is 0 Å². The third-order valence-electron chi connectivity index (χ3n) is 6.34. The third kappa shape index (κ3) is 4.93. The highest BCUT2D eigenvalue weighted by Crippen LogP contribution is 2.24. The van der Waals surface area contributed by atoms with Crippen LogP contribution in [0.2, 0.25) is 0 Å². The summed E-state index contributed by atoms with van der Waals surface area (Å²) >= 11 is 0. The summed E-state index contributed by atoms with van der Waals surface area (Å²) < 4.78 is 16.7. The van der Waals surface area contributed by atoms with E-state index in [0.29, 0.717) is 51.1 Å². The van der Waals surface area contributed by atoms with E-state index in [1.54, 1.807) is 7.11 Å². The lowest BCUT2D eigenvalue weighted by molar-refractivity contribution is 0.0934. The Balaban J connectivity index is 1.10. The lowest BCUT2D eigenvalue weighted by Gasteiger charge is -2.39. The molecule has 2 fully saturated rings. The lowest BCUT2D eigenvalue weighted by Crippen LogP contribution is -2.54. The number of carbonyl (C=O) groups excluding carboxylic acids is 1. The Morgan fingerprint density at radius 3 is 2.24 bits per heavy atom. The van der Waals surface area contributed by atoms with E-state index in [1.165, 1.54) is 0 Å². The number of nitrogens with zero attached hydrogens (tertiary/aromatic N) is 5. The fraction of sp³-hybridized carbons (Fsp3) is 0.400. The fourth-order valence-electron chi connectivity index (χ4n) is 4.35. The maximum absolute atomic E-state index is 13.0. The molecule has 0 unspecified atom stereocenters. The Kier molecular flexibility index (Phi) is 6.51. The molecule has 2 aromatic carbocycles. The molecule has 0 saturated carbocycles. The van der Waals surface area contributed by atoms with Gasteiger partial charge in [0.05, 0.1) is 7.11 Å². The number of ether oxygens (including phenoxy) is 2. The maximum Gasteiger partial charge on any atom is 0.324 e. The van der Waals surface area contributed by atoms with E-state index in [9.17, 15) is 4.79 Å². The third-order valence-corrected chi connectivity index (χ3v) is 6.34. The fourth-order valence-corrected chi connectivity index (χ4v) is 4.35. The second-order valence-corrected chi connectivity index (χ2v) is 8.50. The average Bonchev–Trinajstić information content (AvgIpc) is 3.40. The van der Waals surface area contributed by atoms with Gasteiger partial charge in [0, 0.05) is 57.7 Å². The van der Waals surface area contributed by atoms with Gasteiger partial charge in [-0.25, -0.2) is 4.79 Å². The average molecular weight is 464 g/mol. The number of urea groups is 1. The van der Waals surface area contributed by atoms with Gasteiger partial charge in [0.15, 0.2) is 0 Å². The van der Waals surface area contributed by atoms with Crippen LogP contribution in [0.4, 0.5) is 10.8 Å². The van der Waals surface area contributed by atoms with Gasteiger partial charge in [-0.1, -0.05) is 23.4 Å². The second kappa shape index (κ2) is 10.0. The van der Waals surface area contributed by atoms with Gasteiger partial charge in [0.25, 0.3) is 0 Å². The van der Waals surface area contributed by atoms with Crippen LogP contribution in [0.25, 0.3) is 11.4 Å². The molecule has 9 nitrogen and oxygen atoms in total. The highest BCUT2D eigenvalue weighted by Gasteiger charge is 2.30. The van der Waals surface area contributed by atoms with Gasteiger partial charge in [0.1, 0.15) is 17.6 Å². The highest BCUT2D eigenvalue weighted by atomic mass is 16.5. The Morgan fingerprint density at radius 1 is 0.882 bits per heavy atom. The molecule has 3 aromatic rings. The van der Waals surface area contributed by atoms with Crippen molar-refractivity contribution >= 4 is 12.0 Å². The number of hydrogen-bond acceptors (Lipinski definition) is 7. The molecule has 2 amide bonds. The van der Waals surface area contributed by atoms with Gasteiger partial charge in [-0.2, -0.15) is 4.98 Å². The van der Waals surface area contributed by atoms with Crippen LogP contribution in [0.15, 0.2) is 59.1 Å². The van der Waals surface area contributed by atoms with Crippen LogP contribution in [0.3, 0.4) is 0 Å². The van der Waals surface area contributed by atoms with Crippen molar-refractivity contribution in [1.29, 1.82) is 0 Å². The molecule has 2 aliphatic rings. The first-order valence-corrected chi connectivity index (χ1v) is 11.7. The van der Waals surface area contributed by atoms with Crippen molar-refractivity contribution in [2.75, 3.05) is 51.3 Å². The van der Waals surface area contributed by atoms with Crippen molar-refractivity contribution in [1.82, 2.24) is 19.9 Å². The van der Waals surface area contributed by atoms with Crippen LogP contribution in [-0.2, 0) is 0 Å². The van der Waals surface area contributed by atoms with Crippen molar-refractivity contribution in [2.24, 2.45) is 0 Å². The van der Waals surface area contributed by atoms with Crippen molar-refractivity contribution in [3.8, 4) is 22.9 Å². The molecule has 9 heteroatoms. The summed E-state index contributed by atoms with van der Waals surface area (Å²) in [6, 6.07) is 18.0. The number of carbonyl (C=O) groups is 1. The van der Waals surface area contributed by atoms with E-state index in [1.807, 2.05) is 69.3 Å². The highest BCUT2D eigenvalue weighted by molar-refractivity contribution is 5.75. The van der Waals surface area contributed by atoms with Crippen molar-refractivity contribution in [2.45, 2.75) is 18.9 Å². The molecular formula is C25H29N5O4. The summed E-state index contributed by atoms with van der Waals surface area (Å²) in [6.45, 7) is 3.99. The molecule has 0 N–H and O–H groups in total. The van der Waals surface area contributed by atoms with Crippen molar-refractivity contribution < 1.29 is 18.8 Å². The normalized spacial score (nSPS) is 17.0. The molecule has 0 spiro atoms. The standard InChI is InChI=1S/C25H29N5O4/c1-32-20-9-7-19(8-10-20)23-26-24(34-27-23)28-15-17-30(18-16-28)25(31)29-13-11-22(12-14-29)33-21-5-3-2-4-6-21/h2-10,22H,11-18H2,1H3. The van der Waals surface area contributed by atoms with E-state index in [0.717, 1.165) is 29.9 Å². The molecule has 178 valence electrons. The van der Waals surface area contributed by atoms with Gasteiger partial charge in [0.2, 0.25) is 5.82 Å². The number of piperidine rings is 1. The molecule has 0 bridgehead atoms. The summed E-state index contributed by atoms with van der Waals surface area (Å²) in [6.07, 6.45) is 1.84. The molecule has 2 saturated heterocycles. The van der Waals surface area contributed by atoms with E-state index >= 15 is 0 Å². The molecule has 2 aliphatic heterocycles. The van der Waals surface area contributed by atoms with Crippen molar-refractivity contribution in [3.05, 3.63) is 54.6 Å². The number of aromatic nitrogens is 2. The zero-order chi connectivity index (χ0) is 23.3. The molecule has 0 radical (unpaired) electrons. The van der Waals surface area contributed by atoms with Gasteiger partial charge >= 0.3 is 12.0 Å². The molecule has 3 heterocycles. The molecule has 0 atom stereocenters. The van der Waals surface area contributed by atoms with E-state index in [2.05, 4.69) is 10.1 Å². The van der Waals surface area contributed by atoms with E-state index in [4.69, 9.17) is 14.0 Å². The minimum Gasteiger partial charge on any atom is -0.497 e. The van der Waals surface area contributed by atoms with Crippen LogP contribution in [0.5, 0.6) is 11.5 Å². The first kappa shape index (κ1) is 22.1. The molecule has 0 aliphatic carbocycles. The number of piperazine rings is 1. The topological polar surface area (TPSA) is 84.2 Å². The van der Waals surface area contributed by atoms with Gasteiger partial charge in [-0.3, -0.25) is 0 Å². The Labute approximate surface area is 198 Å². The van der Waals surface area contributed by atoms with Crippen LogP contribution >= 0.6 is 0 Å². The second-order valence-electron chi connectivity index (χ2n) is 8.50. The number of benzene rings is 2. The smallest absolute Gasteiger partial charge is 0.324 e. The number of likely N-dealkylation sites (tertiary alicyclic amines) is 1.